The van der Waals surface area contributed by atoms with Crippen molar-refractivity contribution in [1.29, 1.82) is 0 Å². The number of carbonyl (C=O) groups excluding carboxylic acids is 1. The van der Waals surface area contributed by atoms with Gasteiger partial charge in [-0.1, -0.05) is 47.5 Å². The Morgan fingerprint density at radius 1 is 1.05 bits per heavy atom. The van der Waals surface area contributed by atoms with Gasteiger partial charge in [0.05, 0.1) is 28.9 Å². The third kappa shape index (κ3) is 5.41. The van der Waals surface area contributed by atoms with E-state index in [1.807, 2.05) is 19.1 Å². The Balaban J connectivity index is 1.60. The molecule has 190 valence electrons. The van der Waals surface area contributed by atoms with Crippen molar-refractivity contribution in [2.45, 2.75) is 11.8 Å². The van der Waals surface area contributed by atoms with Crippen LogP contribution < -0.4 is 11.0 Å². The summed E-state index contributed by atoms with van der Waals surface area (Å²) in [5.41, 5.74) is 3.52. The van der Waals surface area contributed by atoms with Gasteiger partial charge in [-0.15, -0.1) is 0 Å². The number of nitrogens with zero attached hydrogens (tertiary/aromatic N) is 3. The fraction of sp³-hybridized carbons (Fsp3) is 0.115. The number of aromatic nitrogens is 1. The number of pyridine rings is 1. The lowest BCUT2D eigenvalue weighted by Crippen LogP contribution is -2.36. The standard InChI is InChI=1S/C26H23ClN4O5S/c1-17-7-11-19(12-8-17)31-25(33)22-6-4-3-5-21(22)23(26(31)34)15-28-29-24(32)16-30(2)37(35,36)20-13-9-18(27)10-14-20/h3-15,34H,16H2,1-2H3,(H,29,32)/b28-15+. The van der Waals surface area contributed by atoms with Crippen LogP contribution in [0.4, 0.5) is 0 Å². The number of halogens is 1. The molecule has 0 spiro atoms. The number of benzene rings is 3. The Kier molecular flexibility index (Phi) is 7.44. The number of nitrogens with one attached hydrogen (secondary N) is 1. The molecular formula is C26H23ClN4O5S. The number of hydrogen-bond acceptors (Lipinski definition) is 6. The van der Waals surface area contributed by atoms with Gasteiger partial charge in [0.2, 0.25) is 15.9 Å². The molecule has 0 radical (unpaired) electrons. The molecule has 3 aromatic carbocycles. The van der Waals surface area contributed by atoms with Crippen molar-refractivity contribution in [3.63, 3.8) is 0 Å². The molecule has 0 aliphatic rings. The summed E-state index contributed by atoms with van der Waals surface area (Å²) < 4.78 is 27.4. The van der Waals surface area contributed by atoms with Crippen LogP contribution in [0.5, 0.6) is 5.88 Å². The van der Waals surface area contributed by atoms with E-state index >= 15 is 0 Å². The van der Waals surface area contributed by atoms with E-state index in [0.29, 0.717) is 21.5 Å². The summed E-state index contributed by atoms with van der Waals surface area (Å²) in [4.78, 5) is 25.6. The fourth-order valence-electron chi connectivity index (χ4n) is 3.70. The van der Waals surface area contributed by atoms with Gasteiger partial charge in [-0.05, 0) is 49.4 Å². The quantitative estimate of drug-likeness (QED) is 0.276. The number of hydrogen-bond donors (Lipinski definition) is 2. The first-order valence-electron chi connectivity index (χ1n) is 11.1. The normalized spacial score (nSPS) is 11.9. The van der Waals surface area contributed by atoms with Crippen LogP contribution in [-0.4, -0.2) is 48.1 Å². The predicted octanol–water partition coefficient (Wildman–Crippen LogP) is 3.43. The Morgan fingerprint density at radius 2 is 1.68 bits per heavy atom. The van der Waals surface area contributed by atoms with Gasteiger partial charge in [-0.3, -0.25) is 9.59 Å². The van der Waals surface area contributed by atoms with Crippen LogP contribution in [0, 0.1) is 6.92 Å². The molecular weight excluding hydrogens is 516 g/mol. The van der Waals surface area contributed by atoms with Crippen molar-refractivity contribution in [3.05, 3.63) is 99.3 Å². The lowest BCUT2D eigenvalue weighted by molar-refractivity contribution is -0.121. The summed E-state index contributed by atoms with van der Waals surface area (Å²) in [6.45, 7) is 1.41. The Hall–Kier alpha value is -3.99. The molecule has 4 rings (SSSR count). The van der Waals surface area contributed by atoms with Gasteiger partial charge < -0.3 is 5.11 Å². The first-order valence-corrected chi connectivity index (χ1v) is 12.9. The first kappa shape index (κ1) is 26.1. The first-order chi connectivity index (χ1) is 17.6. The molecule has 1 amide bonds. The van der Waals surface area contributed by atoms with Crippen LogP contribution in [0.15, 0.2) is 87.6 Å². The van der Waals surface area contributed by atoms with Crippen molar-refractivity contribution in [2.24, 2.45) is 5.10 Å². The minimum Gasteiger partial charge on any atom is -0.494 e. The molecule has 4 aromatic rings. The minimum absolute atomic E-state index is 0.00884. The second-order valence-electron chi connectivity index (χ2n) is 8.27. The van der Waals surface area contributed by atoms with Crippen LogP contribution in [-0.2, 0) is 14.8 Å². The van der Waals surface area contributed by atoms with E-state index in [2.05, 4.69) is 10.5 Å². The summed E-state index contributed by atoms with van der Waals surface area (Å²) >= 11 is 5.82. The second kappa shape index (κ2) is 10.6. The van der Waals surface area contributed by atoms with E-state index in [0.717, 1.165) is 14.4 Å². The highest BCUT2D eigenvalue weighted by molar-refractivity contribution is 7.89. The molecule has 0 atom stereocenters. The summed E-state index contributed by atoms with van der Waals surface area (Å²) in [5, 5.41) is 16.1. The van der Waals surface area contributed by atoms with E-state index in [-0.39, 0.29) is 16.3 Å². The fourth-order valence-corrected chi connectivity index (χ4v) is 4.95. The summed E-state index contributed by atoms with van der Waals surface area (Å²) in [5.74, 6) is -1.06. The monoisotopic (exact) mass is 538 g/mol. The van der Waals surface area contributed by atoms with Gasteiger partial charge >= 0.3 is 0 Å². The average molecular weight is 539 g/mol. The van der Waals surface area contributed by atoms with Crippen LogP contribution >= 0.6 is 11.6 Å². The van der Waals surface area contributed by atoms with E-state index < -0.39 is 28.0 Å². The molecule has 1 heterocycles. The second-order valence-corrected chi connectivity index (χ2v) is 10.7. The number of aromatic hydroxyl groups is 1. The highest BCUT2D eigenvalue weighted by Crippen LogP contribution is 2.26. The summed E-state index contributed by atoms with van der Waals surface area (Å²) in [6, 6.07) is 19.4. The van der Waals surface area contributed by atoms with E-state index in [1.54, 1.807) is 36.4 Å². The van der Waals surface area contributed by atoms with Crippen molar-refractivity contribution in [3.8, 4) is 11.6 Å². The maximum Gasteiger partial charge on any atom is 0.265 e. The van der Waals surface area contributed by atoms with Crippen molar-refractivity contribution in [1.82, 2.24) is 14.3 Å². The highest BCUT2D eigenvalue weighted by Gasteiger charge is 2.23. The zero-order valence-corrected chi connectivity index (χ0v) is 21.5. The number of sulfonamides is 1. The van der Waals surface area contributed by atoms with Crippen molar-refractivity contribution >= 4 is 44.5 Å². The summed E-state index contributed by atoms with van der Waals surface area (Å²) in [7, 11) is -2.66. The lowest BCUT2D eigenvalue weighted by Gasteiger charge is -2.16. The van der Waals surface area contributed by atoms with E-state index in [4.69, 9.17) is 11.6 Å². The summed E-state index contributed by atoms with van der Waals surface area (Å²) in [6.07, 6.45) is 1.22. The van der Waals surface area contributed by atoms with Crippen LogP contribution in [0.1, 0.15) is 11.1 Å². The zero-order chi connectivity index (χ0) is 26.7. The molecule has 0 saturated carbocycles. The van der Waals surface area contributed by atoms with Crippen LogP contribution in [0.3, 0.4) is 0 Å². The van der Waals surface area contributed by atoms with Gasteiger partial charge in [0.25, 0.3) is 11.5 Å². The molecule has 0 fully saturated rings. The number of amides is 1. The molecule has 0 unspecified atom stereocenters. The number of carbonyl (C=O) groups is 1. The average Bonchev–Trinajstić information content (AvgIpc) is 2.87. The van der Waals surface area contributed by atoms with Gasteiger partial charge in [0, 0.05) is 22.8 Å². The third-order valence-electron chi connectivity index (χ3n) is 5.67. The number of fused-ring (bicyclic) bond motifs is 1. The van der Waals surface area contributed by atoms with Gasteiger partial charge in [0.15, 0.2) is 0 Å². The van der Waals surface area contributed by atoms with Crippen molar-refractivity contribution < 1.29 is 18.3 Å². The Bertz CT molecular complexity index is 1660. The minimum atomic E-state index is -3.92. The molecule has 0 bridgehead atoms. The number of hydrazone groups is 1. The Morgan fingerprint density at radius 3 is 2.32 bits per heavy atom. The molecule has 11 heteroatoms. The largest absolute Gasteiger partial charge is 0.494 e. The van der Waals surface area contributed by atoms with E-state index in [1.165, 1.54) is 37.5 Å². The number of aryl methyl sites for hydroxylation is 1. The molecule has 0 aliphatic heterocycles. The molecule has 37 heavy (non-hydrogen) atoms. The van der Waals surface area contributed by atoms with E-state index in [9.17, 15) is 23.1 Å². The highest BCUT2D eigenvalue weighted by atomic mass is 35.5. The lowest BCUT2D eigenvalue weighted by atomic mass is 10.1. The predicted molar refractivity (Wildman–Crippen MR) is 143 cm³/mol. The SMILES string of the molecule is Cc1ccc(-n2c(O)c(/C=N/NC(=O)CN(C)S(=O)(=O)c3ccc(Cl)cc3)c3ccccc3c2=O)cc1. The van der Waals surface area contributed by atoms with Gasteiger partial charge in [-0.25, -0.2) is 18.4 Å². The molecule has 0 saturated heterocycles. The van der Waals surface area contributed by atoms with Gasteiger partial charge in [0.1, 0.15) is 0 Å². The molecule has 9 nitrogen and oxygen atoms in total. The van der Waals surface area contributed by atoms with Crippen LogP contribution in [0.2, 0.25) is 5.02 Å². The maximum absolute atomic E-state index is 13.1. The third-order valence-corrected chi connectivity index (χ3v) is 7.74. The Labute approximate surface area is 218 Å². The molecule has 0 aliphatic carbocycles. The molecule has 1 aromatic heterocycles. The van der Waals surface area contributed by atoms with Crippen LogP contribution in [0.25, 0.3) is 16.5 Å². The zero-order valence-electron chi connectivity index (χ0n) is 19.9. The van der Waals surface area contributed by atoms with Gasteiger partial charge in [-0.2, -0.15) is 9.41 Å². The smallest absolute Gasteiger partial charge is 0.265 e. The molecule has 2 N–H and O–H groups in total. The number of likely N-dealkylation sites (N-methyl/N-ethyl adjacent to an activating group) is 1. The van der Waals surface area contributed by atoms with Crippen molar-refractivity contribution in [2.75, 3.05) is 13.6 Å². The maximum atomic E-state index is 13.1. The topological polar surface area (TPSA) is 121 Å². The number of rotatable bonds is 7.